The van der Waals surface area contributed by atoms with E-state index in [9.17, 15) is 4.79 Å². The van der Waals surface area contributed by atoms with Crippen LogP contribution in [0.3, 0.4) is 0 Å². The molecule has 7 heteroatoms. The van der Waals surface area contributed by atoms with Gasteiger partial charge in [0.2, 0.25) is 0 Å². The summed E-state index contributed by atoms with van der Waals surface area (Å²) in [6.07, 6.45) is 0. The van der Waals surface area contributed by atoms with Gasteiger partial charge in [-0.05, 0) is 29.8 Å². The molecule has 2 aromatic carbocycles. The zero-order chi connectivity index (χ0) is 19.4. The molecule has 0 aliphatic carbocycles. The van der Waals surface area contributed by atoms with Crippen molar-refractivity contribution in [2.45, 2.75) is 5.37 Å². The summed E-state index contributed by atoms with van der Waals surface area (Å²) in [6, 6.07) is 10.9. The summed E-state index contributed by atoms with van der Waals surface area (Å²) < 4.78 is 21.3. The fourth-order valence-electron chi connectivity index (χ4n) is 3.02. The van der Waals surface area contributed by atoms with E-state index in [1.165, 1.54) is 0 Å². The molecule has 1 aliphatic heterocycles. The van der Waals surface area contributed by atoms with Crippen LogP contribution in [0.15, 0.2) is 36.4 Å². The number of thioether (sulfide) groups is 1. The Hall–Kier alpha value is -2.54. The van der Waals surface area contributed by atoms with Gasteiger partial charge in [0.1, 0.15) is 28.4 Å². The smallest absolute Gasteiger partial charge is 0.255 e. The summed E-state index contributed by atoms with van der Waals surface area (Å²) in [6.45, 7) is 0.660. The fourth-order valence-corrected chi connectivity index (χ4v) is 4.26. The van der Waals surface area contributed by atoms with Crippen molar-refractivity contribution in [2.24, 2.45) is 0 Å². The number of hydrogen-bond donors (Lipinski definition) is 0. The summed E-state index contributed by atoms with van der Waals surface area (Å²) in [5.74, 6) is 3.37. The molecule has 3 rings (SSSR count). The summed E-state index contributed by atoms with van der Waals surface area (Å²) in [5.41, 5.74) is 1.51. The third kappa shape index (κ3) is 4.08. The molecule has 0 N–H and O–H groups in total. The second-order valence-electron chi connectivity index (χ2n) is 5.97. The number of amides is 1. The summed E-state index contributed by atoms with van der Waals surface area (Å²) in [5, 5.41) is -0.112. The maximum Gasteiger partial charge on any atom is 0.255 e. The van der Waals surface area contributed by atoms with Gasteiger partial charge in [0.25, 0.3) is 5.91 Å². The predicted molar refractivity (Wildman–Crippen MR) is 105 cm³/mol. The fraction of sp³-hybridized carbons (Fsp3) is 0.350. The Labute approximate surface area is 163 Å². The van der Waals surface area contributed by atoms with E-state index in [0.717, 1.165) is 11.3 Å². The van der Waals surface area contributed by atoms with Crippen molar-refractivity contribution in [1.29, 1.82) is 0 Å². The van der Waals surface area contributed by atoms with Crippen LogP contribution in [0.2, 0.25) is 0 Å². The Morgan fingerprint density at radius 1 is 0.852 bits per heavy atom. The molecule has 0 radical (unpaired) electrons. The van der Waals surface area contributed by atoms with Crippen LogP contribution in [0.5, 0.6) is 23.0 Å². The van der Waals surface area contributed by atoms with Gasteiger partial charge in [-0.1, -0.05) is 0 Å². The number of carbonyl (C=O) groups is 1. The Morgan fingerprint density at radius 3 is 1.81 bits per heavy atom. The number of nitrogens with zero attached hydrogens (tertiary/aromatic N) is 1. The van der Waals surface area contributed by atoms with Gasteiger partial charge in [-0.15, -0.1) is 11.8 Å². The average Bonchev–Trinajstić information content (AvgIpc) is 3.22. The lowest BCUT2D eigenvalue weighted by Crippen LogP contribution is -2.30. The maximum absolute atomic E-state index is 13.2. The number of ether oxygens (including phenoxy) is 4. The largest absolute Gasteiger partial charge is 0.497 e. The zero-order valence-electron chi connectivity index (χ0n) is 15.9. The Morgan fingerprint density at radius 2 is 1.33 bits per heavy atom. The van der Waals surface area contributed by atoms with Crippen molar-refractivity contribution in [1.82, 2.24) is 4.90 Å². The first kappa shape index (κ1) is 19.2. The lowest BCUT2D eigenvalue weighted by molar-refractivity contribution is 0.0759. The van der Waals surface area contributed by atoms with E-state index in [-0.39, 0.29) is 11.3 Å². The number of benzene rings is 2. The van der Waals surface area contributed by atoms with E-state index in [2.05, 4.69) is 0 Å². The van der Waals surface area contributed by atoms with Crippen LogP contribution in [-0.2, 0) is 0 Å². The number of methoxy groups -OCH3 is 4. The number of carbonyl (C=O) groups excluding carboxylic acids is 1. The monoisotopic (exact) mass is 389 g/mol. The van der Waals surface area contributed by atoms with Crippen molar-refractivity contribution in [3.05, 3.63) is 47.5 Å². The first-order chi connectivity index (χ1) is 13.1. The zero-order valence-corrected chi connectivity index (χ0v) is 16.7. The molecule has 27 heavy (non-hydrogen) atoms. The molecule has 1 fully saturated rings. The molecule has 2 aromatic rings. The SMILES string of the molecule is COc1cc(OC)cc(C(=O)N2CCS[C@@H]2c2cc(OC)cc(OC)c2)c1. The number of hydrogen-bond acceptors (Lipinski definition) is 6. The highest BCUT2D eigenvalue weighted by Crippen LogP contribution is 2.41. The molecule has 1 aliphatic rings. The molecule has 1 saturated heterocycles. The second kappa shape index (κ2) is 8.43. The minimum absolute atomic E-state index is 0.0658. The second-order valence-corrected chi connectivity index (χ2v) is 7.16. The Balaban J connectivity index is 1.94. The first-order valence-corrected chi connectivity index (χ1v) is 9.53. The van der Waals surface area contributed by atoms with Gasteiger partial charge in [-0.2, -0.15) is 0 Å². The quantitative estimate of drug-likeness (QED) is 0.752. The van der Waals surface area contributed by atoms with Gasteiger partial charge in [0, 0.05) is 30.0 Å². The van der Waals surface area contributed by atoms with E-state index in [0.29, 0.717) is 35.1 Å². The van der Waals surface area contributed by atoms with Gasteiger partial charge < -0.3 is 23.8 Å². The van der Waals surface area contributed by atoms with E-state index in [1.54, 1.807) is 58.4 Å². The van der Waals surface area contributed by atoms with E-state index < -0.39 is 0 Å². The van der Waals surface area contributed by atoms with Gasteiger partial charge in [0.15, 0.2) is 0 Å². The van der Waals surface area contributed by atoms with Gasteiger partial charge in [-0.25, -0.2) is 0 Å². The molecule has 0 bridgehead atoms. The summed E-state index contributed by atoms with van der Waals surface area (Å²) >= 11 is 1.72. The molecule has 6 nitrogen and oxygen atoms in total. The van der Waals surface area contributed by atoms with Gasteiger partial charge in [0.05, 0.1) is 28.4 Å². The lowest BCUT2D eigenvalue weighted by Gasteiger charge is -2.25. The Kier molecular flexibility index (Phi) is 6.01. The van der Waals surface area contributed by atoms with Crippen LogP contribution in [0.4, 0.5) is 0 Å². The van der Waals surface area contributed by atoms with E-state index in [1.807, 2.05) is 23.1 Å². The molecular weight excluding hydrogens is 366 g/mol. The molecule has 0 spiro atoms. The van der Waals surface area contributed by atoms with E-state index >= 15 is 0 Å². The van der Waals surface area contributed by atoms with Crippen molar-refractivity contribution in [3.8, 4) is 23.0 Å². The molecule has 0 aromatic heterocycles. The molecule has 1 amide bonds. The highest BCUT2D eigenvalue weighted by molar-refractivity contribution is 7.99. The first-order valence-electron chi connectivity index (χ1n) is 8.48. The minimum Gasteiger partial charge on any atom is -0.497 e. The van der Waals surface area contributed by atoms with Crippen LogP contribution < -0.4 is 18.9 Å². The average molecular weight is 389 g/mol. The van der Waals surface area contributed by atoms with Crippen molar-refractivity contribution in [2.75, 3.05) is 40.7 Å². The van der Waals surface area contributed by atoms with Crippen molar-refractivity contribution < 1.29 is 23.7 Å². The summed E-state index contributed by atoms with van der Waals surface area (Å²) in [7, 11) is 6.37. The minimum atomic E-state index is -0.112. The molecule has 144 valence electrons. The van der Waals surface area contributed by atoms with Crippen LogP contribution in [-0.4, -0.2) is 51.5 Å². The van der Waals surface area contributed by atoms with Gasteiger partial charge in [-0.3, -0.25) is 4.79 Å². The standard InChI is InChI=1S/C20H23NO5S/c1-23-15-7-13(8-16(11-15)24-2)19(22)21-5-6-27-20(21)14-9-17(25-3)12-18(10-14)26-4/h7-12,20H,5-6H2,1-4H3/t20-/m1/s1. The predicted octanol–water partition coefficient (Wildman–Crippen LogP) is 3.61. The third-order valence-electron chi connectivity index (χ3n) is 4.41. The lowest BCUT2D eigenvalue weighted by atomic mass is 10.1. The highest BCUT2D eigenvalue weighted by Gasteiger charge is 2.32. The topological polar surface area (TPSA) is 57.2 Å². The van der Waals surface area contributed by atoms with Crippen molar-refractivity contribution >= 4 is 17.7 Å². The molecule has 1 atom stereocenters. The van der Waals surface area contributed by atoms with Crippen LogP contribution in [0.1, 0.15) is 21.3 Å². The normalized spacial score (nSPS) is 16.1. The van der Waals surface area contributed by atoms with Crippen LogP contribution >= 0.6 is 11.8 Å². The van der Waals surface area contributed by atoms with Crippen LogP contribution in [0, 0.1) is 0 Å². The highest BCUT2D eigenvalue weighted by atomic mass is 32.2. The van der Waals surface area contributed by atoms with E-state index in [4.69, 9.17) is 18.9 Å². The molecular formula is C20H23NO5S. The number of rotatable bonds is 6. The Bertz CT molecular complexity index is 782. The summed E-state index contributed by atoms with van der Waals surface area (Å²) in [4.78, 5) is 15.1. The van der Waals surface area contributed by atoms with Crippen LogP contribution in [0.25, 0.3) is 0 Å². The molecule has 0 saturated carbocycles. The molecule has 0 unspecified atom stereocenters. The van der Waals surface area contributed by atoms with Crippen molar-refractivity contribution in [3.63, 3.8) is 0 Å². The third-order valence-corrected chi connectivity index (χ3v) is 5.67. The maximum atomic E-state index is 13.2. The van der Waals surface area contributed by atoms with Gasteiger partial charge >= 0.3 is 0 Å². The molecule has 1 heterocycles.